The molecule has 4 fully saturated rings. The first kappa shape index (κ1) is 37.2. The van der Waals surface area contributed by atoms with Crippen molar-refractivity contribution in [1.82, 2.24) is 5.32 Å². The van der Waals surface area contributed by atoms with Gasteiger partial charge in [0.25, 0.3) is 0 Å². The Kier molecular flexibility index (Phi) is 11.4. The van der Waals surface area contributed by atoms with Crippen molar-refractivity contribution in [2.24, 2.45) is 52.3 Å². The third-order valence-corrected chi connectivity index (χ3v) is 12.9. The summed E-state index contributed by atoms with van der Waals surface area (Å²) in [5.41, 5.74) is -0.467. The number of fused-ring (bicyclic) bond motifs is 5. The maximum atomic E-state index is 13.6. The van der Waals surface area contributed by atoms with Gasteiger partial charge in [-0.1, -0.05) is 41.5 Å². The Morgan fingerprint density at radius 1 is 0.809 bits per heavy atom. The van der Waals surface area contributed by atoms with E-state index in [0.717, 1.165) is 32.1 Å². The highest BCUT2D eigenvalue weighted by atomic mass is 16.6. The molecule has 0 aromatic rings. The summed E-state index contributed by atoms with van der Waals surface area (Å²) in [6.45, 7) is 18.6. The largest absolute Gasteiger partial charge is 0.459 e. The Bertz CT molecular complexity index is 1200. The minimum atomic E-state index is -0.613. The molecule has 10 heteroatoms. The third kappa shape index (κ3) is 7.51. The summed E-state index contributed by atoms with van der Waals surface area (Å²) in [6, 6.07) is -0.207. The second kappa shape index (κ2) is 14.5. The van der Waals surface area contributed by atoms with E-state index in [1.807, 2.05) is 0 Å². The van der Waals surface area contributed by atoms with Gasteiger partial charge >= 0.3 is 23.9 Å². The highest BCUT2D eigenvalue weighted by molar-refractivity contribution is 5.77. The molecule has 13 atom stereocenters. The molecule has 1 heterocycles. The first-order chi connectivity index (χ1) is 21.9. The van der Waals surface area contributed by atoms with Gasteiger partial charge in [-0.15, -0.1) is 0 Å². The fourth-order valence-electron chi connectivity index (χ4n) is 11.0. The molecule has 3 saturated carbocycles. The van der Waals surface area contributed by atoms with Crippen molar-refractivity contribution in [3.05, 3.63) is 0 Å². The molecule has 47 heavy (non-hydrogen) atoms. The summed E-state index contributed by atoms with van der Waals surface area (Å²) in [5, 5.41) is 3.31. The molecule has 3 aliphatic carbocycles. The van der Waals surface area contributed by atoms with Gasteiger partial charge in [0.1, 0.15) is 24.4 Å². The molecule has 0 radical (unpaired) electrons. The second-order valence-electron chi connectivity index (χ2n) is 16.0. The Morgan fingerprint density at radius 3 is 1.94 bits per heavy atom. The van der Waals surface area contributed by atoms with E-state index in [-0.39, 0.29) is 76.1 Å². The smallest absolute Gasteiger partial charge is 0.303 e. The average Bonchev–Trinajstić information content (AvgIpc) is 3.25. The Hall–Kier alpha value is -2.65. The zero-order chi connectivity index (χ0) is 35.0. The van der Waals surface area contributed by atoms with E-state index in [0.29, 0.717) is 19.3 Å². The van der Waals surface area contributed by atoms with Crippen molar-refractivity contribution in [3.8, 4) is 0 Å². The van der Waals surface area contributed by atoms with Crippen molar-refractivity contribution in [2.45, 2.75) is 151 Å². The monoisotopic (exact) mass is 661 g/mol. The van der Waals surface area contributed by atoms with Crippen LogP contribution in [0.4, 0.5) is 0 Å². The molecule has 0 spiro atoms. The lowest BCUT2D eigenvalue weighted by molar-refractivity contribution is -0.184. The number of hydrogen-bond donors (Lipinski definition) is 1. The number of nitrogens with one attached hydrogen (secondary N) is 1. The zero-order valence-corrected chi connectivity index (χ0v) is 30.3. The molecule has 10 nitrogen and oxygen atoms in total. The molecular formula is C37H59NO9. The van der Waals surface area contributed by atoms with E-state index in [9.17, 15) is 24.0 Å². The average molecular weight is 662 g/mol. The van der Waals surface area contributed by atoms with Gasteiger partial charge in [-0.2, -0.15) is 0 Å². The molecule has 0 bridgehead atoms. The number of carbonyl (C=O) groups is 5. The van der Waals surface area contributed by atoms with Crippen LogP contribution in [-0.2, 0) is 42.9 Å². The molecule has 1 amide bonds. The van der Waals surface area contributed by atoms with Gasteiger partial charge in [-0.25, -0.2) is 0 Å². The van der Waals surface area contributed by atoms with Crippen LogP contribution < -0.4 is 5.32 Å². The highest BCUT2D eigenvalue weighted by Gasteiger charge is 2.63. The van der Waals surface area contributed by atoms with E-state index in [1.54, 1.807) is 0 Å². The van der Waals surface area contributed by atoms with Crippen LogP contribution in [0.3, 0.4) is 0 Å². The van der Waals surface area contributed by atoms with E-state index in [4.69, 9.17) is 18.9 Å². The molecule has 266 valence electrons. The van der Waals surface area contributed by atoms with Crippen LogP contribution in [-0.4, -0.2) is 60.2 Å². The van der Waals surface area contributed by atoms with Crippen LogP contribution >= 0.6 is 0 Å². The number of hydrogen-bond acceptors (Lipinski definition) is 9. The molecule has 0 aromatic heterocycles. The SMILES string of the molecule is CC[C@@H](C(C)C)[C@H](OC(C)=O)[C@@H](OC(C)=O)[C@@H](C)[C@H]1CCC2C3CC(=O)NC4C[C@H](OC(C)=O)[C@H](OC(C)=O)C[C@]4(C)C3CC[C@@]21C. The van der Waals surface area contributed by atoms with Crippen molar-refractivity contribution >= 4 is 29.8 Å². The van der Waals surface area contributed by atoms with Crippen LogP contribution in [0.1, 0.15) is 121 Å². The maximum absolute atomic E-state index is 13.6. The fraction of sp³-hybridized carbons (Fsp3) is 0.865. The van der Waals surface area contributed by atoms with Crippen LogP contribution in [0.2, 0.25) is 0 Å². The quantitative estimate of drug-likeness (QED) is 0.228. The van der Waals surface area contributed by atoms with Crippen LogP contribution in [0, 0.1) is 52.3 Å². The summed E-state index contributed by atoms with van der Waals surface area (Å²) >= 11 is 0. The normalized spacial score (nSPS) is 37.4. The van der Waals surface area contributed by atoms with Gasteiger partial charge < -0.3 is 24.3 Å². The Balaban J connectivity index is 1.67. The first-order valence-corrected chi connectivity index (χ1v) is 17.9. The fourth-order valence-corrected chi connectivity index (χ4v) is 11.0. The molecule has 0 aromatic carbocycles. The lowest BCUT2D eigenvalue weighted by Gasteiger charge is -2.57. The lowest BCUT2D eigenvalue weighted by Crippen LogP contribution is -2.59. The Labute approximate surface area is 281 Å². The number of rotatable bonds is 10. The second-order valence-corrected chi connectivity index (χ2v) is 16.0. The van der Waals surface area contributed by atoms with Gasteiger partial charge in [0, 0.05) is 58.4 Å². The molecule has 4 aliphatic rings. The van der Waals surface area contributed by atoms with Gasteiger partial charge in [0.15, 0.2) is 0 Å². The van der Waals surface area contributed by atoms with E-state index >= 15 is 0 Å². The molecular weight excluding hydrogens is 602 g/mol. The van der Waals surface area contributed by atoms with Gasteiger partial charge in [-0.05, 0) is 78.9 Å². The minimum Gasteiger partial charge on any atom is -0.459 e. The number of ether oxygens (including phenoxy) is 4. The van der Waals surface area contributed by atoms with Crippen molar-refractivity contribution in [3.63, 3.8) is 0 Å². The highest BCUT2D eigenvalue weighted by Crippen LogP contribution is 2.66. The predicted molar refractivity (Wildman–Crippen MR) is 174 cm³/mol. The summed E-state index contributed by atoms with van der Waals surface area (Å²) in [4.78, 5) is 62.7. The predicted octanol–water partition coefficient (Wildman–Crippen LogP) is 5.78. The van der Waals surface area contributed by atoms with E-state index in [2.05, 4.69) is 46.9 Å². The first-order valence-electron chi connectivity index (χ1n) is 17.9. The van der Waals surface area contributed by atoms with Crippen molar-refractivity contribution in [1.29, 1.82) is 0 Å². The number of carbonyl (C=O) groups excluding carboxylic acids is 5. The summed E-state index contributed by atoms with van der Waals surface area (Å²) in [5.74, 6) is -0.616. The molecule has 1 aliphatic heterocycles. The van der Waals surface area contributed by atoms with Crippen molar-refractivity contribution in [2.75, 3.05) is 0 Å². The van der Waals surface area contributed by atoms with Gasteiger partial charge in [0.2, 0.25) is 5.91 Å². The third-order valence-electron chi connectivity index (χ3n) is 12.9. The number of esters is 4. The van der Waals surface area contributed by atoms with E-state index in [1.165, 1.54) is 27.7 Å². The maximum Gasteiger partial charge on any atom is 0.303 e. The molecule has 1 saturated heterocycles. The zero-order valence-electron chi connectivity index (χ0n) is 30.3. The summed E-state index contributed by atoms with van der Waals surface area (Å²) in [7, 11) is 0. The van der Waals surface area contributed by atoms with E-state index < -0.39 is 36.4 Å². The molecule has 4 rings (SSSR count). The van der Waals surface area contributed by atoms with Crippen molar-refractivity contribution < 1.29 is 42.9 Å². The number of amides is 1. The van der Waals surface area contributed by atoms with Crippen LogP contribution in [0.25, 0.3) is 0 Å². The summed E-state index contributed by atoms with van der Waals surface area (Å²) in [6.07, 6.45) is 3.53. The Morgan fingerprint density at radius 2 is 1.38 bits per heavy atom. The lowest BCUT2D eigenvalue weighted by atomic mass is 9.49. The molecule has 4 unspecified atom stereocenters. The van der Waals surface area contributed by atoms with Crippen LogP contribution in [0.15, 0.2) is 0 Å². The topological polar surface area (TPSA) is 134 Å². The van der Waals surface area contributed by atoms with Gasteiger partial charge in [0.05, 0.1) is 0 Å². The van der Waals surface area contributed by atoms with Gasteiger partial charge in [-0.3, -0.25) is 24.0 Å². The molecule has 1 N–H and O–H groups in total. The summed E-state index contributed by atoms with van der Waals surface area (Å²) < 4.78 is 23.5. The standard InChI is InChI=1S/C37H59NO9/c1-11-25(19(2)3)35(47-24(8)42)34(46-23(7)41)20(4)27-12-13-28-26-16-33(43)38-32-17-30(44-21(5)39)31(45-22(6)40)18-37(32,10)29(26)14-15-36(27,28)9/h19-20,25-32,34-35H,11-18H2,1-10H3,(H,38,43)/t20-,25-,26?,27+,28?,29?,30-,31+,32?,34-,35-,36+,37+/m0/s1. The minimum absolute atomic E-state index is 0.0115. The van der Waals surface area contributed by atoms with Crippen LogP contribution in [0.5, 0.6) is 0 Å².